The third-order valence-corrected chi connectivity index (χ3v) is 4.23. The first-order valence-electron chi connectivity index (χ1n) is 6.72. The molecule has 0 fully saturated rings. The number of nitrogens with zero attached hydrogens (tertiary/aromatic N) is 4. The van der Waals surface area contributed by atoms with Crippen LogP contribution in [0.25, 0.3) is 0 Å². The van der Waals surface area contributed by atoms with E-state index in [1.807, 2.05) is 6.33 Å². The van der Waals surface area contributed by atoms with Crippen molar-refractivity contribution in [1.82, 2.24) is 25.0 Å². The molecular weight excluding hydrogens is 258 g/mol. The van der Waals surface area contributed by atoms with Crippen molar-refractivity contribution in [3.63, 3.8) is 0 Å². The predicted molar refractivity (Wildman–Crippen MR) is 76.2 cm³/mol. The smallest absolute Gasteiger partial charge is 0.147 e. The van der Waals surface area contributed by atoms with Gasteiger partial charge in [0.05, 0.1) is 6.54 Å². The fourth-order valence-electron chi connectivity index (χ4n) is 2.34. The standard InChI is InChI=1S/C13H19N5S/c1(12-2-8-19-10-12)3-14-4-5-17-6-7-18-11-15-16-13(18)9-17/h2,8,10-11,14H,1,3-7,9H2. The Hall–Kier alpha value is -1.24. The summed E-state index contributed by atoms with van der Waals surface area (Å²) in [4.78, 5) is 2.43. The van der Waals surface area contributed by atoms with Crippen molar-refractivity contribution < 1.29 is 0 Å². The Balaban J connectivity index is 1.33. The molecule has 0 aliphatic carbocycles. The van der Waals surface area contributed by atoms with Crippen LogP contribution in [-0.2, 0) is 19.5 Å². The van der Waals surface area contributed by atoms with Gasteiger partial charge >= 0.3 is 0 Å². The Morgan fingerprint density at radius 1 is 1.32 bits per heavy atom. The molecule has 0 atom stereocenters. The maximum absolute atomic E-state index is 4.14. The van der Waals surface area contributed by atoms with E-state index in [-0.39, 0.29) is 0 Å². The number of rotatable bonds is 6. The number of aromatic nitrogens is 3. The molecule has 19 heavy (non-hydrogen) atoms. The fraction of sp³-hybridized carbons (Fsp3) is 0.538. The first-order valence-corrected chi connectivity index (χ1v) is 7.67. The van der Waals surface area contributed by atoms with Gasteiger partial charge in [0.25, 0.3) is 0 Å². The van der Waals surface area contributed by atoms with Gasteiger partial charge in [0.1, 0.15) is 12.2 Å². The summed E-state index contributed by atoms with van der Waals surface area (Å²) in [5.41, 5.74) is 1.43. The van der Waals surface area contributed by atoms with E-state index in [1.165, 1.54) is 5.56 Å². The number of hydrogen-bond acceptors (Lipinski definition) is 5. The van der Waals surface area contributed by atoms with Gasteiger partial charge in [0.2, 0.25) is 0 Å². The summed E-state index contributed by atoms with van der Waals surface area (Å²) in [6.07, 6.45) is 2.95. The Bertz CT molecular complexity index is 493. The minimum Gasteiger partial charge on any atom is -0.315 e. The van der Waals surface area contributed by atoms with Gasteiger partial charge < -0.3 is 9.88 Å². The highest BCUT2D eigenvalue weighted by molar-refractivity contribution is 7.07. The highest BCUT2D eigenvalue weighted by Crippen LogP contribution is 2.08. The van der Waals surface area contributed by atoms with Crippen molar-refractivity contribution in [3.8, 4) is 0 Å². The Kier molecular flexibility index (Phi) is 4.22. The molecule has 3 heterocycles. The molecule has 3 rings (SSSR count). The molecule has 2 aromatic heterocycles. The zero-order valence-corrected chi connectivity index (χ0v) is 11.8. The highest BCUT2D eigenvalue weighted by atomic mass is 32.1. The van der Waals surface area contributed by atoms with Gasteiger partial charge in [-0.25, -0.2) is 0 Å². The van der Waals surface area contributed by atoms with Crippen LogP contribution in [-0.4, -0.2) is 45.8 Å². The van der Waals surface area contributed by atoms with E-state index in [1.54, 1.807) is 11.3 Å². The van der Waals surface area contributed by atoms with E-state index in [9.17, 15) is 0 Å². The maximum atomic E-state index is 4.14. The van der Waals surface area contributed by atoms with Crippen LogP contribution in [0.15, 0.2) is 23.2 Å². The van der Waals surface area contributed by atoms with E-state index >= 15 is 0 Å². The lowest BCUT2D eigenvalue weighted by Crippen LogP contribution is -2.38. The zero-order valence-electron chi connectivity index (χ0n) is 11.0. The van der Waals surface area contributed by atoms with Gasteiger partial charge in [0, 0.05) is 26.2 Å². The van der Waals surface area contributed by atoms with Gasteiger partial charge in [-0.1, -0.05) is 0 Å². The third kappa shape index (κ3) is 3.40. The monoisotopic (exact) mass is 277 g/mol. The average molecular weight is 277 g/mol. The van der Waals surface area contributed by atoms with E-state index < -0.39 is 0 Å². The van der Waals surface area contributed by atoms with E-state index in [0.717, 1.165) is 51.5 Å². The van der Waals surface area contributed by atoms with Gasteiger partial charge in [0.15, 0.2) is 0 Å². The predicted octanol–water partition coefficient (Wildman–Crippen LogP) is 0.987. The molecule has 102 valence electrons. The number of nitrogens with one attached hydrogen (secondary N) is 1. The van der Waals surface area contributed by atoms with Crippen LogP contribution in [0.1, 0.15) is 11.4 Å². The van der Waals surface area contributed by atoms with E-state index in [4.69, 9.17) is 0 Å². The lowest BCUT2D eigenvalue weighted by molar-refractivity contribution is 0.217. The molecule has 0 aromatic carbocycles. The molecule has 0 saturated heterocycles. The quantitative estimate of drug-likeness (QED) is 0.800. The summed E-state index contributed by atoms with van der Waals surface area (Å²) in [5, 5.41) is 16.0. The van der Waals surface area contributed by atoms with Crippen molar-refractivity contribution in [2.45, 2.75) is 19.5 Å². The largest absolute Gasteiger partial charge is 0.315 e. The van der Waals surface area contributed by atoms with Crippen molar-refractivity contribution >= 4 is 11.3 Å². The molecule has 6 heteroatoms. The van der Waals surface area contributed by atoms with Crippen molar-refractivity contribution in [2.24, 2.45) is 0 Å². The second-order valence-electron chi connectivity index (χ2n) is 4.85. The highest BCUT2D eigenvalue weighted by Gasteiger charge is 2.16. The second-order valence-corrected chi connectivity index (χ2v) is 5.63. The molecule has 5 nitrogen and oxygen atoms in total. The first-order chi connectivity index (χ1) is 9.42. The number of fused-ring (bicyclic) bond motifs is 1. The third-order valence-electron chi connectivity index (χ3n) is 3.49. The molecule has 1 aliphatic heterocycles. The molecule has 0 saturated carbocycles. The minimum atomic E-state index is 0.923. The molecule has 1 N–H and O–H groups in total. The zero-order chi connectivity index (χ0) is 12.9. The van der Waals surface area contributed by atoms with Crippen LogP contribution < -0.4 is 5.32 Å². The first kappa shape index (κ1) is 12.8. The molecule has 2 aromatic rings. The summed E-state index contributed by atoms with van der Waals surface area (Å²) >= 11 is 1.77. The Labute approximate surface area is 117 Å². The van der Waals surface area contributed by atoms with E-state index in [2.05, 4.69) is 41.8 Å². The second kappa shape index (κ2) is 6.27. The van der Waals surface area contributed by atoms with Gasteiger partial charge in [-0.05, 0) is 35.4 Å². The Morgan fingerprint density at radius 3 is 3.21 bits per heavy atom. The number of hydrogen-bond donors (Lipinski definition) is 1. The van der Waals surface area contributed by atoms with Crippen molar-refractivity contribution in [1.29, 1.82) is 0 Å². The molecule has 0 unspecified atom stereocenters. The fourth-order valence-corrected chi connectivity index (χ4v) is 3.04. The van der Waals surface area contributed by atoms with Crippen molar-refractivity contribution in [2.75, 3.05) is 26.2 Å². The van der Waals surface area contributed by atoms with Crippen LogP contribution in [0, 0.1) is 0 Å². The van der Waals surface area contributed by atoms with Crippen LogP contribution in [0.5, 0.6) is 0 Å². The van der Waals surface area contributed by atoms with Crippen LogP contribution >= 0.6 is 11.3 Å². The summed E-state index contributed by atoms with van der Waals surface area (Å²) in [6, 6.07) is 2.20. The average Bonchev–Trinajstić information content (AvgIpc) is 3.08. The van der Waals surface area contributed by atoms with Gasteiger partial charge in [-0.15, -0.1) is 10.2 Å². The van der Waals surface area contributed by atoms with E-state index in [0.29, 0.717) is 0 Å². The van der Waals surface area contributed by atoms with Gasteiger partial charge in [-0.2, -0.15) is 11.3 Å². The molecule has 0 radical (unpaired) electrons. The van der Waals surface area contributed by atoms with Crippen LogP contribution in [0.4, 0.5) is 0 Å². The lowest BCUT2D eigenvalue weighted by atomic mass is 10.2. The summed E-state index contributed by atoms with van der Waals surface area (Å²) < 4.78 is 2.14. The van der Waals surface area contributed by atoms with Crippen LogP contribution in [0.3, 0.4) is 0 Å². The lowest BCUT2D eigenvalue weighted by Gasteiger charge is -2.26. The molecule has 0 spiro atoms. The molecule has 0 amide bonds. The SMILES string of the molecule is c1cc(CCNCCN2CCn3cnnc3C2)cs1. The van der Waals surface area contributed by atoms with Crippen LogP contribution in [0.2, 0.25) is 0 Å². The van der Waals surface area contributed by atoms with Crippen molar-refractivity contribution in [3.05, 3.63) is 34.5 Å². The Morgan fingerprint density at radius 2 is 2.32 bits per heavy atom. The molecule has 1 aliphatic rings. The summed E-state index contributed by atoms with van der Waals surface area (Å²) in [5.74, 6) is 1.09. The minimum absolute atomic E-state index is 0.923. The normalized spacial score (nSPS) is 15.6. The molecule has 0 bridgehead atoms. The number of thiophene rings is 1. The topological polar surface area (TPSA) is 46.0 Å². The van der Waals surface area contributed by atoms with Gasteiger partial charge in [-0.3, -0.25) is 4.90 Å². The maximum Gasteiger partial charge on any atom is 0.147 e. The summed E-state index contributed by atoms with van der Waals surface area (Å²) in [6.45, 7) is 6.20. The molecular formula is C13H19N5S. The summed E-state index contributed by atoms with van der Waals surface area (Å²) in [7, 11) is 0.